The van der Waals surface area contributed by atoms with Gasteiger partial charge >= 0.3 is 6.09 Å². The summed E-state index contributed by atoms with van der Waals surface area (Å²) in [5, 5.41) is 2.35. The Hall–Kier alpha value is -2.08. The number of hydrogen-bond acceptors (Lipinski definition) is 3. The summed E-state index contributed by atoms with van der Waals surface area (Å²) in [4.78, 5) is 11.7. The van der Waals surface area contributed by atoms with Gasteiger partial charge in [0.1, 0.15) is 18.0 Å². The molecule has 0 saturated carbocycles. The minimum absolute atomic E-state index is 0.0567. The molecular weight excluding hydrogens is 341 g/mol. The number of amides is 1. The summed E-state index contributed by atoms with van der Waals surface area (Å²) >= 11 is 3.15. The number of nitrogens with one attached hydrogen (secondary N) is 1. The first-order valence-electron chi connectivity index (χ1n) is 6.11. The Morgan fingerprint density at radius 1 is 1.29 bits per heavy atom. The Morgan fingerprint density at radius 2 is 2.00 bits per heavy atom. The highest BCUT2D eigenvalue weighted by Crippen LogP contribution is 2.31. The molecular formula is C15H13BrFNO3. The largest absolute Gasteiger partial charge is 0.494 e. The van der Waals surface area contributed by atoms with E-state index in [2.05, 4.69) is 21.2 Å². The van der Waals surface area contributed by atoms with E-state index in [1.165, 1.54) is 13.2 Å². The van der Waals surface area contributed by atoms with E-state index >= 15 is 0 Å². The van der Waals surface area contributed by atoms with Crippen molar-refractivity contribution in [3.63, 3.8) is 0 Å². The molecule has 0 aromatic heterocycles. The smallest absolute Gasteiger partial charge is 0.412 e. The molecule has 110 valence electrons. The van der Waals surface area contributed by atoms with Crippen molar-refractivity contribution < 1.29 is 18.7 Å². The van der Waals surface area contributed by atoms with Crippen molar-refractivity contribution in [3.8, 4) is 5.75 Å². The average molecular weight is 354 g/mol. The number of hydrogen-bond donors (Lipinski definition) is 1. The van der Waals surface area contributed by atoms with Crippen LogP contribution in [-0.4, -0.2) is 13.2 Å². The van der Waals surface area contributed by atoms with Crippen molar-refractivity contribution in [1.82, 2.24) is 0 Å². The van der Waals surface area contributed by atoms with Crippen LogP contribution in [0.25, 0.3) is 0 Å². The topological polar surface area (TPSA) is 47.6 Å². The maximum absolute atomic E-state index is 13.8. The molecule has 4 nitrogen and oxygen atoms in total. The van der Waals surface area contributed by atoms with E-state index in [0.717, 1.165) is 5.56 Å². The molecule has 0 atom stereocenters. The van der Waals surface area contributed by atoms with Crippen LogP contribution in [0.2, 0.25) is 0 Å². The van der Waals surface area contributed by atoms with Gasteiger partial charge in [0.2, 0.25) is 0 Å². The molecule has 0 aliphatic rings. The Kier molecular flexibility index (Phi) is 5.16. The van der Waals surface area contributed by atoms with Gasteiger partial charge in [0.15, 0.2) is 5.82 Å². The van der Waals surface area contributed by atoms with Gasteiger partial charge in [-0.2, -0.15) is 0 Å². The van der Waals surface area contributed by atoms with Gasteiger partial charge in [-0.25, -0.2) is 9.18 Å². The van der Waals surface area contributed by atoms with E-state index in [4.69, 9.17) is 9.47 Å². The van der Waals surface area contributed by atoms with E-state index in [1.807, 2.05) is 30.3 Å². The molecule has 0 fully saturated rings. The van der Waals surface area contributed by atoms with Gasteiger partial charge in [0.25, 0.3) is 0 Å². The van der Waals surface area contributed by atoms with Crippen molar-refractivity contribution in [3.05, 3.63) is 58.3 Å². The molecule has 6 heteroatoms. The Balaban J connectivity index is 2.03. The molecule has 2 rings (SSSR count). The molecule has 1 N–H and O–H groups in total. The quantitative estimate of drug-likeness (QED) is 0.888. The number of halogens is 2. The molecule has 0 unspecified atom stereocenters. The van der Waals surface area contributed by atoms with Crippen LogP contribution < -0.4 is 10.1 Å². The van der Waals surface area contributed by atoms with Gasteiger partial charge in [-0.1, -0.05) is 46.3 Å². The van der Waals surface area contributed by atoms with Gasteiger partial charge in [0, 0.05) is 4.47 Å². The second kappa shape index (κ2) is 7.08. The second-order valence-electron chi connectivity index (χ2n) is 4.15. The lowest BCUT2D eigenvalue weighted by atomic mass is 10.2. The molecule has 0 heterocycles. The van der Waals surface area contributed by atoms with Crippen molar-refractivity contribution in [2.75, 3.05) is 12.4 Å². The number of carbonyl (C=O) groups excluding carboxylic acids is 1. The van der Waals surface area contributed by atoms with Crippen molar-refractivity contribution in [2.45, 2.75) is 6.61 Å². The number of carbonyl (C=O) groups is 1. The summed E-state index contributed by atoms with van der Waals surface area (Å²) in [5.41, 5.74) is 0.787. The highest BCUT2D eigenvalue weighted by atomic mass is 79.9. The predicted molar refractivity (Wildman–Crippen MR) is 80.9 cm³/mol. The fraction of sp³-hybridized carbons (Fsp3) is 0.133. The molecule has 0 radical (unpaired) electrons. The lowest BCUT2D eigenvalue weighted by molar-refractivity contribution is 0.155. The highest BCUT2D eigenvalue weighted by Gasteiger charge is 2.15. The average Bonchev–Trinajstić information content (AvgIpc) is 2.48. The third-order valence-electron chi connectivity index (χ3n) is 2.68. The van der Waals surface area contributed by atoms with Crippen molar-refractivity contribution in [2.24, 2.45) is 0 Å². The zero-order valence-electron chi connectivity index (χ0n) is 11.2. The molecule has 2 aromatic carbocycles. The number of ether oxygens (including phenoxy) is 2. The minimum Gasteiger partial charge on any atom is -0.494 e. The Labute approximate surface area is 130 Å². The maximum Gasteiger partial charge on any atom is 0.412 e. The SMILES string of the molecule is COc1cc(Br)cc(F)c1NC(=O)OCc1ccccc1. The molecule has 0 aliphatic heterocycles. The Bertz CT molecular complexity index is 634. The standard InChI is InChI=1S/C15H13BrFNO3/c1-20-13-8-11(16)7-12(17)14(13)18-15(19)21-9-10-5-3-2-4-6-10/h2-8H,9H2,1H3,(H,18,19). The molecule has 0 bridgehead atoms. The second-order valence-corrected chi connectivity index (χ2v) is 5.07. The molecule has 2 aromatic rings. The molecule has 0 spiro atoms. The summed E-state index contributed by atoms with van der Waals surface area (Å²) in [6.45, 7) is 0.104. The van der Waals surface area contributed by atoms with Gasteiger partial charge in [-0.05, 0) is 17.7 Å². The number of anilines is 1. The summed E-state index contributed by atoms with van der Waals surface area (Å²) < 4.78 is 24.4. The summed E-state index contributed by atoms with van der Waals surface area (Å²) in [6, 6.07) is 12.0. The number of benzene rings is 2. The zero-order chi connectivity index (χ0) is 15.2. The van der Waals surface area contributed by atoms with E-state index in [-0.39, 0.29) is 18.0 Å². The maximum atomic E-state index is 13.8. The van der Waals surface area contributed by atoms with Gasteiger partial charge in [-0.15, -0.1) is 0 Å². The molecule has 1 amide bonds. The highest BCUT2D eigenvalue weighted by molar-refractivity contribution is 9.10. The first-order valence-corrected chi connectivity index (χ1v) is 6.90. The van der Waals surface area contributed by atoms with Crippen LogP contribution in [0.3, 0.4) is 0 Å². The van der Waals surface area contributed by atoms with Crippen LogP contribution in [0.15, 0.2) is 46.9 Å². The van der Waals surface area contributed by atoms with E-state index in [1.54, 1.807) is 6.07 Å². The number of rotatable bonds is 4. The van der Waals surface area contributed by atoms with Crippen LogP contribution in [-0.2, 0) is 11.3 Å². The first-order chi connectivity index (χ1) is 10.1. The first kappa shape index (κ1) is 15.3. The molecule has 0 aliphatic carbocycles. The van der Waals surface area contributed by atoms with Gasteiger partial charge in [0.05, 0.1) is 7.11 Å². The third-order valence-corrected chi connectivity index (χ3v) is 3.14. The van der Waals surface area contributed by atoms with Gasteiger partial charge in [-0.3, -0.25) is 5.32 Å². The predicted octanol–water partition coefficient (Wildman–Crippen LogP) is 4.35. The number of methoxy groups -OCH3 is 1. The van der Waals surface area contributed by atoms with Crippen molar-refractivity contribution in [1.29, 1.82) is 0 Å². The van der Waals surface area contributed by atoms with Crippen LogP contribution in [0.4, 0.5) is 14.9 Å². The Morgan fingerprint density at radius 3 is 2.67 bits per heavy atom. The van der Waals surface area contributed by atoms with Crippen LogP contribution in [0.5, 0.6) is 5.75 Å². The van der Waals surface area contributed by atoms with Crippen LogP contribution in [0, 0.1) is 5.82 Å². The van der Waals surface area contributed by atoms with E-state index in [9.17, 15) is 9.18 Å². The molecule has 0 saturated heterocycles. The lowest BCUT2D eigenvalue weighted by Gasteiger charge is -2.12. The minimum atomic E-state index is -0.752. The van der Waals surface area contributed by atoms with Crippen molar-refractivity contribution >= 4 is 27.7 Å². The lowest BCUT2D eigenvalue weighted by Crippen LogP contribution is -2.15. The van der Waals surface area contributed by atoms with Crippen LogP contribution >= 0.6 is 15.9 Å². The monoisotopic (exact) mass is 353 g/mol. The van der Waals surface area contributed by atoms with Crippen LogP contribution in [0.1, 0.15) is 5.56 Å². The summed E-state index contributed by atoms with van der Waals surface area (Å²) in [6.07, 6.45) is -0.752. The fourth-order valence-corrected chi connectivity index (χ4v) is 2.10. The fourth-order valence-electron chi connectivity index (χ4n) is 1.69. The summed E-state index contributed by atoms with van der Waals surface area (Å²) in [7, 11) is 1.39. The zero-order valence-corrected chi connectivity index (χ0v) is 12.8. The third kappa shape index (κ3) is 4.19. The normalized spacial score (nSPS) is 10.0. The van der Waals surface area contributed by atoms with E-state index in [0.29, 0.717) is 4.47 Å². The summed E-state index contributed by atoms with van der Waals surface area (Å²) in [5.74, 6) is -0.406. The van der Waals surface area contributed by atoms with Gasteiger partial charge < -0.3 is 9.47 Å². The molecule has 21 heavy (non-hydrogen) atoms. The van der Waals surface area contributed by atoms with E-state index < -0.39 is 11.9 Å².